The van der Waals surface area contributed by atoms with Crippen LogP contribution in [0.15, 0.2) is 127 Å². The molecule has 0 saturated heterocycles. The molecule has 0 atom stereocenters. The predicted octanol–water partition coefficient (Wildman–Crippen LogP) is 9.11. The fourth-order valence-electron chi connectivity index (χ4n) is 4.74. The van der Waals surface area contributed by atoms with Crippen LogP contribution in [0, 0.1) is 0 Å². The van der Waals surface area contributed by atoms with Gasteiger partial charge < -0.3 is 9.64 Å². The lowest BCUT2D eigenvalue weighted by Gasteiger charge is -2.33. The quantitative estimate of drug-likeness (QED) is 0.244. The Morgan fingerprint density at radius 3 is 2.08 bits per heavy atom. The molecule has 0 aliphatic carbocycles. The van der Waals surface area contributed by atoms with Gasteiger partial charge in [0, 0.05) is 16.8 Å². The van der Waals surface area contributed by atoms with Crippen LogP contribution in [-0.4, -0.2) is 9.36 Å². The highest BCUT2D eigenvalue weighted by atomic mass is 32.1. The Bertz CT molecular complexity index is 1710. The Morgan fingerprint density at radius 2 is 1.24 bits per heavy atom. The number of benzene rings is 5. The van der Waals surface area contributed by atoms with E-state index in [1.807, 2.05) is 48.5 Å². The highest BCUT2D eigenvalue weighted by Crippen LogP contribution is 2.51. The molecule has 0 bridgehead atoms. The van der Waals surface area contributed by atoms with Crippen molar-refractivity contribution < 1.29 is 4.74 Å². The van der Waals surface area contributed by atoms with Crippen molar-refractivity contribution in [3.8, 4) is 44.6 Å². The van der Waals surface area contributed by atoms with Gasteiger partial charge in [-0.2, -0.15) is 4.37 Å². The number of anilines is 3. The van der Waals surface area contributed by atoms with Crippen LogP contribution >= 0.6 is 11.5 Å². The highest BCUT2D eigenvalue weighted by molar-refractivity contribution is 7.09. The van der Waals surface area contributed by atoms with Crippen LogP contribution in [-0.2, 0) is 0 Å². The normalized spacial score (nSPS) is 11.9. The second kappa shape index (κ2) is 9.04. The minimum absolute atomic E-state index is 0.706. The lowest BCUT2D eigenvalue weighted by molar-refractivity contribution is 0.477. The minimum Gasteiger partial charge on any atom is -0.453 e. The molecule has 0 saturated carbocycles. The summed E-state index contributed by atoms with van der Waals surface area (Å²) in [5.41, 5.74) is 7.38. The van der Waals surface area contributed by atoms with Crippen molar-refractivity contribution in [2.45, 2.75) is 0 Å². The highest BCUT2D eigenvalue weighted by Gasteiger charge is 2.26. The fourth-order valence-corrected chi connectivity index (χ4v) is 5.46. The van der Waals surface area contributed by atoms with Gasteiger partial charge in [0.15, 0.2) is 17.3 Å². The van der Waals surface area contributed by atoms with E-state index in [0.717, 1.165) is 55.8 Å². The number of nitrogens with zero attached hydrogens (tertiary/aromatic N) is 3. The van der Waals surface area contributed by atoms with Crippen molar-refractivity contribution >= 4 is 28.6 Å². The summed E-state index contributed by atoms with van der Waals surface area (Å²) < 4.78 is 11.0. The first-order valence-corrected chi connectivity index (χ1v) is 12.9. The molecule has 5 aromatic carbocycles. The van der Waals surface area contributed by atoms with Crippen LogP contribution < -0.4 is 9.64 Å². The van der Waals surface area contributed by atoms with Gasteiger partial charge in [0.1, 0.15) is 5.01 Å². The molecule has 7 rings (SSSR count). The van der Waals surface area contributed by atoms with Gasteiger partial charge in [0.25, 0.3) is 0 Å². The lowest BCUT2D eigenvalue weighted by atomic mass is 10.0. The van der Waals surface area contributed by atoms with E-state index in [1.54, 1.807) is 0 Å². The topological polar surface area (TPSA) is 38.2 Å². The standard InChI is InChI=1S/C32H21N3OS/c1-3-11-22(12-4-1)25-15-7-8-16-26(25)32-33-31(34-37-32)23-19-20-30-28(21-23)35(24-13-5-2-6-14-24)27-17-9-10-18-29(27)36-30/h1-21H. The zero-order valence-corrected chi connectivity index (χ0v) is 20.6. The number of para-hydroxylation sites is 3. The lowest BCUT2D eigenvalue weighted by Crippen LogP contribution is -2.15. The van der Waals surface area contributed by atoms with Gasteiger partial charge >= 0.3 is 0 Å². The van der Waals surface area contributed by atoms with E-state index in [-0.39, 0.29) is 0 Å². The monoisotopic (exact) mass is 495 g/mol. The van der Waals surface area contributed by atoms with Crippen molar-refractivity contribution in [1.82, 2.24) is 9.36 Å². The molecule has 1 aliphatic rings. The van der Waals surface area contributed by atoms with Gasteiger partial charge in [0.2, 0.25) is 0 Å². The van der Waals surface area contributed by atoms with Gasteiger partial charge in [-0.05, 0) is 65.1 Å². The van der Waals surface area contributed by atoms with E-state index in [2.05, 4.69) is 83.8 Å². The Kier molecular flexibility index (Phi) is 5.26. The van der Waals surface area contributed by atoms with Crippen molar-refractivity contribution in [2.24, 2.45) is 0 Å². The van der Waals surface area contributed by atoms with Gasteiger partial charge in [-0.1, -0.05) is 84.9 Å². The Balaban J connectivity index is 1.31. The van der Waals surface area contributed by atoms with Gasteiger partial charge in [-0.25, -0.2) is 4.98 Å². The Labute approximate surface area is 219 Å². The summed E-state index contributed by atoms with van der Waals surface area (Å²) in [5, 5.41) is 0.897. The molecule has 0 unspecified atom stereocenters. The molecule has 0 N–H and O–H groups in total. The van der Waals surface area contributed by atoms with Crippen LogP contribution in [0.4, 0.5) is 17.1 Å². The fraction of sp³-hybridized carbons (Fsp3) is 0. The molecule has 2 heterocycles. The molecule has 0 radical (unpaired) electrons. The van der Waals surface area contributed by atoms with Crippen molar-refractivity contribution in [3.05, 3.63) is 127 Å². The smallest absolute Gasteiger partial charge is 0.173 e. The molecule has 1 aromatic heterocycles. The first-order valence-electron chi connectivity index (χ1n) is 12.1. The summed E-state index contributed by atoms with van der Waals surface area (Å²) in [6, 6.07) is 43.4. The molecule has 1 aliphatic heterocycles. The molecule has 6 aromatic rings. The van der Waals surface area contributed by atoms with Crippen LogP contribution in [0.5, 0.6) is 11.5 Å². The summed E-state index contributed by atoms with van der Waals surface area (Å²) in [5.74, 6) is 2.34. The predicted molar refractivity (Wildman–Crippen MR) is 151 cm³/mol. The number of hydrogen-bond donors (Lipinski definition) is 0. The third-order valence-electron chi connectivity index (χ3n) is 6.47. The zero-order chi connectivity index (χ0) is 24.6. The third kappa shape index (κ3) is 3.86. The average molecular weight is 496 g/mol. The summed E-state index contributed by atoms with van der Waals surface area (Å²) >= 11 is 1.42. The number of hydrogen-bond acceptors (Lipinski definition) is 5. The number of fused-ring (bicyclic) bond motifs is 2. The maximum Gasteiger partial charge on any atom is 0.173 e. The van der Waals surface area contributed by atoms with Crippen LogP contribution in [0.3, 0.4) is 0 Å². The molecular formula is C32H21N3OS. The molecule has 0 amide bonds. The molecule has 176 valence electrons. The van der Waals surface area contributed by atoms with E-state index in [9.17, 15) is 0 Å². The summed E-state index contributed by atoms with van der Waals surface area (Å²) in [6.07, 6.45) is 0. The van der Waals surface area contributed by atoms with E-state index in [4.69, 9.17) is 14.1 Å². The van der Waals surface area contributed by atoms with Crippen LogP contribution in [0.25, 0.3) is 33.1 Å². The first-order chi connectivity index (χ1) is 18.3. The van der Waals surface area contributed by atoms with Crippen molar-refractivity contribution in [3.63, 3.8) is 0 Å². The van der Waals surface area contributed by atoms with Crippen molar-refractivity contribution in [1.29, 1.82) is 0 Å². The largest absolute Gasteiger partial charge is 0.453 e. The number of ether oxygens (including phenoxy) is 1. The average Bonchev–Trinajstić information content (AvgIpc) is 3.47. The van der Waals surface area contributed by atoms with Gasteiger partial charge in [-0.3, -0.25) is 0 Å². The van der Waals surface area contributed by atoms with Crippen LogP contribution in [0.2, 0.25) is 0 Å². The third-order valence-corrected chi connectivity index (χ3v) is 7.22. The second-order valence-corrected chi connectivity index (χ2v) is 9.51. The van der Waals surface area contributed by atoms with Crippen LogP contribution in [0.1, 0.15) is 0 Å². The van der Waals surface area contributed by atoms with E-state index in [0.29, 0.717) is 5.82 Å². The molecule has 4 nitrogen and oxygen atoms in total. The molecule has 0 fully saturated rings. The van der Waals surface area contributed by atoms with Gasteiger partial charge in [-0.15, -0.1) is 0 Å². The van der Waals surface area contributed by atoms with Crippen molar-refractivity contribution in [2.75, 3.05) is 4.90 Å². The number of aromatic nitrogens is 2. The maximum atomic E-state index is 6.28. The first kappa shape index (κ1) is 21.5. The summed E-state index contributed by atoms with van der Waals surface area (Å²) in [6.45, 7) is 0. The van der Waals surface area contributed by atoms with E-state index < -0.39 is 0 Å². The molecular weight excluding hydrogens is 474 g/mol. The number of rotatable bonds is 4. The molecule has 5 heteroatoms. The SMILES string of the molecule is c1ccc(-c2ccccc2-c2nc(-c3ccc4c(c3)N(c3ccccc3)c3ccccc3O4)ns2)cc1. The minimum atomic E-state index is 0.706. The Hall–Kier alpha value is -4.74. The zero-order valence-electron chi connectivity index (χ0n) is 19.8. The summed E-state index contributed by atoms with van der Waals surface area (Å²) in [4.78, 5) is 7.21. The summed E-state index contributed by atoms with van der Waals surface area (Å²) in [7, 11) is 0. The van der Waals surface area contributed by atoms with Gasteiger partial charge in [0.05, 0.1) is 11.4 Å². The molecule has 0 spiro atoms. The Morgan fingerprint density at radius 1 is 0.568 bits per heavy atom. The maximum absolute atomic E-state index is 6.28. The van der Waals surface area contributed by atoms with E-state index in [1.165, 1.54) is 11.5 Å². The molecule has 37 heavy (non-hydrogen) atoms. The second-order valence-electron chi connectivity index (χ2n) is 8.76. The van der Waals surface area contributed by atoms with E-state index >= 15 is 0 Å².